The molecule has 90 valence electrons. The normalized spacial score (nSPS) is 10.7. The number of aromatic nitrogens is 2. The van der Waals surface area contributed by atoms with Crippen LogP contribution in [0, 0.1) is 0 Å². The fourth-order valence-corrected chi connectivity index (χ4v) is 2.52. The van der Waals surface area contributed by atoms with Crippen molar-refractivity contribution in [2.24, 2.45) is 0 Å². The minimum atomic E-state index is 1.03. The molecular weight excluding hydrogens is 236 g/mol. The van der Waals surface area contributed by atoms with E-state index in [1.807, 2.05) is 6.26 Å². The number of hydrogen-bond acceptors (Lipinski definition) is 4. The summed E-state index contributed by atoms with van der Waals surface area (Å²) in [7, 11) is 0. The summed E-state index contributed by atoms with van der Waals surface area (Å²) in [6.07, 6.45) is 10.5. The average molecular weight is 256 g/mol. The summed E-state index contributed by atoms with van der Waals surface area (Å²) in [6, 6.07) is 2.19. The van der Waals surface area contributed by atoms with E-state index in [-0.39, 0.29) is 0 Å². The van der Waals surface area contributed by atoms with E-state index >= 15 is 0 Å². The summed E-state index contributed by atoms with van der Waals surface area (Å²) in [5.74, 6) is 0. The molecular formula is C12H20N2S2. The fraction of sp³-hybridized carbons (Fsp3) is 0.667. The summed E-state index contributed by atoms with van der Waals surface area (Å²) in [4.78, 5) is 0. The molecule has 0 aliphatic carbocycles. The van der Waals surface area contributed by atoms with Crippen molar-refractivity contribution in [3.8, 4) is 0 Å². The molecule has 0 saturated heterocycles. The highest BCUT2D eigenvalue weighted by molar-refractivity contribution is 7.98. The first kappa shape index (κ1) is 13.8. The molecule has 1 heterocycles. The molecule has 0 atom stereocenters. The molecule has 0 spiro atoms. The van der Waals surface area contributed by atoms with Crippen LogP contribution in [0.15, 0.2) is 16.1 Å². The number of aryl methyl sites for hydroxylation is 1. The lowest BCUT2D eigenvalue weighted by molar-refractivity contribution is 0.655. The second-order valence-electron chi connectivity index (χ2n) is 3.73. The van der Waals surface area contributed by atoms with Gasteiger partial charge in [-0.2, -0.15) is 0 Å². The minimum Gasteiger partial charge on any atom is -0.143 e. The van der Waals surface area contributed by atoms with Gasteiger partial charge in [0.15, 0.2) is 0 Å². The van der Waals surface area contributed by atoms with E-state index in [0.717, 1.165) is 16.5 Å². The molecule has 0 N–H and O–H groups in total. The number of thioether (sulfide) groups is 2. The van der Waals surface area contributed by atoms with Gasteiger partial charge in [-0.3, -0.25) is 0 Å². The lowest BCUT2D eigenvalue weighted by Crippen LogP contribution is -1.96. The Morgan fingerprint density at radius 1 is 1.06 bits per heavy atom. The summed E-state index contributed by atoms with van der Waals surface area (Å²) < 4.78 is 0. The van der Waals surface area contributed by atoms with Crippen molar-refractivity contribution in [2.45, 2.75) is 49.1 Å². The zero-order valence-electron chi connectivity index (χ0n) is 10.3. The first-order chi connectivity index (χ1) is 7.81. The molecule has 2 nitrogen and oxygen atoms in total. The zero-order valence-corrected chi connectivity index (χ0v) is 12.0. The third-order valence-corrected chi connectivity index (χ3v) is 3.86. The van der Waals surface area contributed by atoms with Gasteiger partial charge in [-0.05, 0) is 37.0 Å². The Morgan fingerprint density at radius 3 is 2.50 bits per heavy atom. The van der Waals surface area contributed by atoms with Gasteiger partial charge in [-0.25, -0.2) is 0 Å². The smallest absolute Gasteiger partial charge is 0.122 e. The zero-order chi connectivity index (χ0) is 11.8. The van der Waals surface area contributed by atoms with E-state index in [1.54, 1.807) is 23.5 Å². The third-order valence-electron chi connectivity index (χ3n) is 2.51. The molecule has 1 aromatic heterocycles. The Bertz CT molecular complexity index is 316. The van der Waals surface area contributed by atoms with E-state index < -0.39 is 0 Å². The third kappa shape index (κ3) is 4.34. The molecule has 0 saturated carbocycles. The lowest BCUT2D eigenvalue weighted by Gasteiger charge is -2.06. The van der Waals surface area contributed by atoms with Crippen LogP contribution < -0.4 is 0 Å². The molecule has 0 aliphatic heterocycles. The Balaban J connectivity index is 2.60. The predicted molar refractivity (Wildman–Crippen MR) is 73.4 cm³/mol. The van der Waals surface area contributed by atoms with E-state index in [2.05, 4.69) is 29.4 Å². The number of hydrogen-bond donors (Lipinski definition) is 0. The van der Waals surface area contributed by atoms with Crippen LogP contribution in [0.25, 0.3) is 0 Å². The summed E-state index contributed by atoms with van der Waals surface area (Å²) >= 11 is 3.36. The van der Waals surface area contributed by atoms with Gasteiger partial charge in [0.05, 0.1) is 0 Å². The highest BCUT2D eigenvalue weighted by atomic mass is 32.2. The predicted octanol–water partition coefficient (Wildman–Crippen LogP) is 4.04. The van der Waals surface area contributed by atoms with E-state index in [4.69, 9.17) is 0 Å². The van der Waals surface area contributed by atoms with Gasteiger partial charge in [-0.1, -0.05) is 26.2 Å². The number of rotatable bonds is 7. The van der Waals surface area contributed by atoms with Crippen molar-refractivity contribution in [3.63, 3.8) is 0 Å². The highest BCUT2D eigenvalue weighted by Gasteiger charge is 2.05. The highest BCUT2D eigenvalue weighted by Crippen LogP contribution is 2.22. The molecule has 0 bridgehead atoms. The monoisotopic (exact) mass is 256 g/mol. The second-order valence-corrected chi connectivity index (χ2v) is 5.35. The molecule has 0 fully saturated rings. The molecule has 1 aromatic rings. The maximum atomic E-state index is 4.26. The first-order valence-electron chi connectivity index (χ1n) is 5.76. The Labute approximate surface area is 107 Å². The van der Waals surface area contributed by atoms with Gasteiger partial charge in [0.25, 0.3) is 0 Å². The van der Waals surface area contributed by atoms with Crippen LogP contribution >= 0.6 is 23.5 Å². The van der Waals surface area contributed by atoms with Crippen molar-refractivity contribution < 1.29 is 0 Å². The maximum absolute atomic E-state index is 4.26. The summed E-state index contributed by atoms with van der Waals surface area (Å²) in [6.45, 7) is 2.24. The van der Waals surface area contributed by atoms with E-state index in [9.17, 15) is 0 Å². The fourth-order valence-electron chi connectivity index (χ4n) is 1.59. The first-order valence-corrected chi connectivity index (χ1v) is 8.21. The topological polar surface area (TPSA) is 25.8 Å². The van der Waals surface area contributed by atoms with Crippen LogP contribution in [0.4, 0.5) is 0 Å². The van der Waals surface area contributed by atoms with E-state index in [0.29, 0.717) is 0 Å². The van der Waals surface area contributed by atoms with Crippen LogP contribution in [-0.2, 0) is 6.42 Å². The molecule has 0 aliphatic rings. The Hall–Kier alpha value is -0.220. The van der Waals surface area contributed by atoms with Crippen LogP contribution in [0.5, 0.6) is 0 Å². The molecule has 0 unspecified atom stereocenters. The van der Waals surface area contributed by atoms with Gasteiger partial charge < -0.3 is 0 Å². The summed E-state index contributed by atoms with van der Waals surface area (Å²) in [5.41, 5.74) is 1.36. The quantitative estimate of drug-likeness (QED) is 0.543. The standard InChI is InChI=1S/C12H20N2S2/c1-4-5-6-7-8-10-9-11(15-2)13-14-12(10)16-3/h9H,4-8H2,1-3H3. The second kappa shape index (κ2) is 7.96. The van der Waals surface area contributed by atoms with Crippen LogP contribution in [0.2, 0.25) is 0 Å². The van der Waals surface area contributed by atoms with Gasteiger partial charge in [0.1, 0.15) is 10.1 Å². The van der Waals surface area contributed by atoms with Crippen molar-refractivity contribution >= 4 is 23.5 Å². The molecule has 1 rings (SSSR count). The Kier molecular flexibility index (Phi) is 6.88. The molecule has 4 heteroatoms. The van der Waals surface area contributed by atoms with Gasteiger partial charge >= 0.3 is 0 Å². The molecule has 16 heavy (non-hydrogen) atoms. The molecule has 0 radical (unpaired) electrons. The SMILES string of the molecule is CCCCCCc1cc(SC)nnc1SC. The molecule has 0 aromatic carbocycles. The lowest BCUT2D eigenvalue weighted by atomic mass is 10.1. The number of unbranched alkanes of at least 4 members (excludes halogenated alkanes) is 3. The van der Waals surface area contributed by atoms with Gasteiger partial charge in [-0.15, -0.1) is 33.7 Å². The largest absolute Gasteiger partial charge is 0.143 e. The van der Waals surface area contributed by atoms with Crippen molar-refractivity contribution in [3.05, 3.63) is 11.6 Å². The van der Waals surface area contributed by atoms with Gasteiger partial charge in [0, 0.05) is 0 Å². The van der Waals surface area contributed by atoms with Crippen molar-refractivity contribution in [1.82, 2.24) is 10.2 Å². The maximum Gasteiger partial charge on any atom is 0.122 e. The summed E-state index contributed by atoms with van der Waals surface area (Å²) in [5, 5.41) is 10.5. The van der Waals surface area contributed by atoms with Crippen LogP contribution in [-0.4, -0.2) is 22.7 Å². The van der Waals surface area contributed by atoms with Crippen LogP contribution in [0.3, 0.4) is 0 Å². The number of nitrogens with zero attached hydrogens (tertiary/aromatic N) is 2. The van der Waals surface area contributed by atoms with Crippen molar-refractivity contribution in [2.75, 3.05) is 12.5 Å². The van der Waals surface area contributed by atoms with Crippen molar-refractivity contribution in [1.29, 1.82) is 0 Å². The van der Waals surface area contributed by atoms with E-state index in [1.165, 1.54) is 31.2 Å². The molecule has 0 amide bonds. The van der Waals surface area contributed by atoms with Gasteiger partial charge in [0.2, 0.25) is 0 Å². The Morgan fingerprint density at radius 2 is 1.88 bits per heavy atom. The average Bonchev–Trinajstić information content (AvgIpc) is 2.34. The van der Waals surface area contributed by atoms with Crippen LogP contribution in [0.1, 0.15) is 38.2 Å². The minimum absolute atomic E-state index is 1.03.